The molecule has 0 spiro atoms. The van der Waals surface area contributed by atoms with E-state index >= 15 is 0 Å². The van der Waals surface area contributed by atoms with Gasteiger partial charge in [0, 0.05) is 17.5 Å². The van der Waals surface area contributed by atoms with E-state index < -0.39 is 0 Å². The Morgan fingerprint density at radius 3 is 2.64 bits per heavy atom. The molecule has 1 aromatic heterocycles. The molecule has 0 radical (unpaired) electrons. The van der Waals surface area contributed by atoms with Crippen molar-refractivity contribution in [3.05, 3.63) is 59.7 Å². The summed E-state index contributed by atoms with van der Waals surface area (Å²) in [5.74, 6) is 1.79. The van der Waals surface area contributed by atoms with Gasteiger partial charge in [-0.1, -0.05) is 32.0 Å². The lowest BCUT2D eigenvalue weighted by atomic mass is 10.1. The second-order valence-electron chi connectivity index (χ2n) is 5.66. The minimum absolute atomic E-state index is 0.187. The Kier molecular flexibility index (Phi) is 3.84. The number of nitrogens with zero attached hydrogens (tertiary/aromatic N) is 2. The Balaban J connectivity index is 2.14. The molecular formula is C18H19FN2O. The number of rotatable bonds is 4. The van der Waals surface area contributed by atoms with E-state index in [2.05, 4.69) is 18.4 Å². The van der Waals surface area contributed by atoms with E-state index in [9.17, 15) is 4.39 Å². The van der Waals surface area contributed by atoms with Gasteiger partial charge in [-0.2, -0.15) is 0 Å². The molecule has 0 saturated carbocycles. The molecule has 0 saturated heterocycles. The maximum atomic E-state index is 14.0. The summed E-state index contributed by atoms with van der Waals surface area (Å²) < 4.78 is 21.3. The Hall–Kier alpha value is -2.36. The average molecular weight is 298 g/mol. The maximum absolute atomic E-state index is 14.0. The number of imidazole rings is 1. The van der Waals surface area contributed by atoms with Crippen LogP contribution in [0.15, 0.2) is 42.5 Å². The van der Waals surface area contributed by atoms with Crippen LogP contribution in [0.3, 0.4) is 0 Å². The Bertz CT molecular complexity index is 808. The Morgan fingerprint density at radius 2 is 1.95 bits per heavy atom. The van der Waals surface area contributed by atoms with Gasteiger partial charge in [-0.05, 0) is 18.2 Å². The Morgan fingerprint density at radius 1 is 1.18 bits per heavy atom. The number of fused-ring (bicyclic) bond motifs is 1. The first-order valence-corrected chi connectivity index (χ1v) is 7.37. The predicted octanol–water partition coefficient (Wildman–Crippen LogP) is 4.36. The zero-order chi connectivity index (χ0) is 15.7. The third-order valence-electron chi connectivity index (χ3n) is 3.79. The molecule has 0 unspecified atom stereocenters. The van der Waals surface area contributed by atoms with Gasteiger partial charge in [0.2, 0.25) is 0 Å². The molecule has 3 aromatic rings. The SMILES string of the molecule is COc1ccc2c(c1)nc(C(C)C)n2Cc1ccccc1F. The molecule has 0 amide bonds. The normalized spacial score (nSPS) is 11.3. The summed E-state index contributed by atoms with van der Waals surface area (Å²) in [6, 6.07) is 12.7. The van der Waals surface area contributed by atoms with Crippen LogP contribution >= 0.6 is 0 Å². The largest absolute Gasteiger partial charge is 0.497 e. The van der Waals surface area contributed by atoms with Crippen molar-refractivity contribution in [2.75, 3.05) is 7.11 Å². The van der Waals surface area contributed by atoms with E-state index in [-0.39, 0.29) is 11.7 Å². The van der Waals surface area contributed by atoms with Crippen molar-refractivity contribution in [2.45, 2.75) is 26.3 Å². The summed E-state index contributed by atoms with van der Waals surface area (Å²) in [4.78, 5) is 4.71. The van der Waals surface area contributed by atoms with Crippen molar-refractivity contribution in [2.24, 2.45) is 0 Å². The van der Waals surface area contributed by atoms with Crippen LogP contribution < -0.4 is 4.74 Å². The van der Waals surface area contributed by atoms with Crippen molar-refractivity contribution in [3.63, 3.8) is 0 Å². The Labute approximate surface area is 129 Å². The average Bonchev–Trinajstić information content (AvgIpc) is 2.87. The second-order valence-corrected chi connectivity index (χ2v) is 5.66. The number of hydrogen-bond donors (Lipinski definition) is 0. The summed E-state index contributed by atoms with van der Waals surface area (Å²) >= 11 is 0. The monoisotopic (exact) mass is 298 g/mol. The van der Waals surface area contributed by atoms with Crippen molar-refractivity contribution in [1.29, 1.82) is 0 Å². The van der Waals surface area contributed by atoms with Crippen LogP contribution in [0, 0.1) is 5.82 Å². The minimum atomic E-state index is -0.187. The van der Waals surface area contributed by atoms with Crippen molar-refractivity contribution < 1.29 is 9.13 Å². The number of aromatic nitrogens is 2. The molecule has 3 rings (SSSR count). The summed E-state index contributed by atoms with van der Waals surface area (Å²) in [6.07, 6.45) is 0. The van der Waals surface area contributed by atoms with E-state index in [0.717, 1.165) is 22.6 Å². The summed E-state index contributed by atoms with van der Waals surface area (Å²) in [5.41, 5.74) is 2.53. The van der Waals surface area contributed by atoms with Gasteiger partial charge in [-0.3, -0.25) is 0 Å². The number of methoxy groups -OCH3 is 1. The number of halogens is 1. The third-order valence-corrected chi connectivity index (χ3v) is 3.79. The van der Waals surface area contributed by atoms with Crippen molar-refractivity contribution in [3.8, 4) is 5.75 Å². The van der Waals surface area contributed by atoms with Gasteiger partial charge < -0.3 is 9.30 Å². The first-order valence-electron chi connectivity index (χ1n) is 7.37. The van der Waals surface area contributed by atoms with Gasteiger partial charge in [0.15, 0.2) is 0 Å². The smallest absolute Gasteiger partial charge is 0.128 e. The van der Waals surface area contributed by atoms with E-state index in [4.69, 9.17) is 9.72 Å². The molecule has 114 valence electrons. The van der Waals surface area contributed by atoms with E-state index in [0.29, 0.717) is 12.1 Å². The van der Waals surface area contributed by atoms with Crippen LogP contribution in [0.5, 0.6) is 5.75 Å². The molecular weight excluding hydrogens is 279 g/mol. The van der Waals surface area contributed by atoms with Gasteiger partial charge in [-0.15, -0.1) is 0 Å². The van der Waals surface area contributed by atoms with Crippen molar-refractivity contribution in [1.82, 2.24) is 9.55 Å². The lowest BCUT2D eigenvalue weighted by Crippen LogP contribution is -2.07. The minimum Gasteiger partial charge on any atom is -0.497 e. The topological polar surface area (TPSA) is 27.1 Å². The molecule has 0 N–H and O–H groups in total. The van der Waals surface area contributed by atoms with E-state index in [1.165, 1.54) is 6.07 Å². The second kappa shape index (κ2) is 5.79. The fraction of sp³-hybridized carbons (Fsp3) is 0.278. The molecule has 3 nitrogen and oxygen atoms in total. The quantitative estimate of drug-likeness (QED) is 0.715. The summed E-state index contributed by atoms with van der Waals surface area (Å²) in [7, 11) is 1.64. The predicted molar refractivity (Wildman–Crippen MR) is 85.9 cm³/mol. The summed E-state index contributed by atoms with van der Waals surface area (Å²) in [6.45, 7) is 4.66. The lowest BCUT2D eigenvalue weighted by Gasteiger charge is -2.12. The van der Waals surface area contributed by atoms with Gasteiger partial charge in [0.05, 0.1) is 24.7 Å². The first-order chi connectivity index (χ1) is 10.6. The fourth-order valence-electron chi connectivity index (χ4n) is 2.66. The van der Waals surface area contributed by atoms with E-state index in [1.807, 2.05) is 30.3 Å². The van der Waals surface area contributed by atoms with Crippen LogP contribution in [-0.4, -0.2) is 16.7 Å². The number of benzene rings is 2. The third kappa shape index (κ3) is 2.56. The molecule has 1 heterocycles. The van der Waals surface area contributed by atoms with Crippen molar-refractivity contribution >= 4 is 11.0 Å². The van der Waals surface area contributed by atoms with Gasteiger partial charge in [0.1, 0.15) is 17.4 Å². The summed E-state index contributed by atoms with van der Waals surface area (Å²) in [5, 5.41) is 0. The highest BCUT2D eigenvalue weighted by molar-refractivity contribution is 5.78. The number of ether oxygens (including phenoxy) is 1. The molecule has 0 aliphatic rings. The highest BCUT2D eigenvalue weighted by Crippen LogP contribution is 2.26. The van der Waals surface area contributed by atoms with Crippen LogP contribution in [-0.2, 0) is 6.54 Å². The molecule has 0 aliphatic heterocycles. The molecule has 22 heavy (non-hydrogen) atoms. The van der Waals surface area contributed by atoms with Crippen LogP contribution in [0.2, 0.25) is 0 Å². The molecule has 0 bridgehead atoms. The van der Waals surface area contributed by atoms with Crippen LogP contribution in [0.4, 0.5) is 4.39 Å². The lowest BCUT2D eigenvalue weighted by molar-refractivity contribution is 0.415. The zero-order valence-electron chi connectivity index (χ0n) is 13.0. The van der Waals surface area contributed by atoms with Gasteiger partial charge in [-0.25, -0.2) is 9.37 Å². The molecule has 4 heteroatoms. The molecule has 0 aliphatic carbocycles. The highest BCUT2D eigenvalue weighted by Gasteiger charge is 2.15. The molecule has 0 atom stereocenters. The first kappa shape index (κ1) is 14.6. The standard InChI is InChI=1S/C18H19FN2O/c1-12(2)18-20-16-10-14(22-3)8-9-17(16)21(18)11-13-6-4-5-7-15(13)19/h4-10,12H,11H2,1-3H3. The molecule has 2 aromatic carbocycles. The van der Waals surface area contributed by atoms with E-state index in [1.54, 1.807) is 13.2 Å². The van der Waals surface area contributed by atoms with Gasteiger partial charge in [0.25, 0.3) is 0 Å². The van der Waals surface area contributed by atoms with Crippen LogP contribution in [0.1, 0.15) is 31.2 Å². The fourth-order valence-corrected chi connectivity index (χ4v) is 2.66. The van der Waals surface area contributed by atoms with Crippen LogP contribution in [0.25, 0.3) is 11.0 Å². The molecule has 0 fully saturated rings. The number of hydrogen-bond acceptors (Lipinski definition) is 2. The van der Waals surface area contributed by atoms with Gasteiger partial charge >= 0.3 is 0 Å². The zero-order valence-corrected chi connectivity index (χ0v) is 13.0. The highest BCUT2D eigenvalue weighted by atomic mass is 19.1. The maximum Gasteiger partial charge on any atom is 0.128 e.